The van der Waals surface area contributed by atoms with Crippen molar-refractivity contribution in [3.63, 3.8) is 0 Å². The Labute approximate surface area is 181 Å². The molecule has 10 heteroatoms. The van der Waals surface area contributed by atoms with E-state index >= 15 is 0 Å². The number of nitrogens with one attached hydrogen (secondary N) is 2. The minimum absolute atomic E-state index is 0.596. The Kier molecular flexibility index (Phi) is 3.97. The van der Waals surface area contributed by atoms with Crippen LogP contribution in [0.15, 0.2) is 55.5 Å². The molecule has 0 aromatic carbocycles. The van der Waals surface area contributed by atoms with Crippen LogP contribution in [0, 0.1) is 6.92 Å². The van der Waals surface area contributed by atoms with Crippen LogP contribution >= 0.6 is 0 Å². The summed E-state index contributed by atoms with van der Waals surface area (Å²) in [6.07, 6.45) is 10.7. The van der Waals surface area contributed by atoms with Gasteiger partial charge in [-0.25, -0.2) is 19.9 Å². The van der Waals surface area contributed by atoms with Gasteiger partial charge in [0.15, 0.2) is 17.1 Å². The summed E-state index contributed by atoms with van der Waals surface area (Å²) in [6, 6.07) is 5.85. The van der Waals surface area contributed by atoms with Crippen LogP contribution in [0.1, 0.15) is 5.69 Å². The third-order valence-electron chi connectivity index (χ3n) is 5.29. The Balaban J connectivity index is 1.49. The van der Waals surface area contributed by atoms with Gasteiger partial charge in [0.05, 0.1) is 36.4 Å². The molecule has 0 radical (unpaired) electrons. The van der Waals surface area contributed by atoms with Gasteiger partial charge in [-0.05, 0) is 25.1 Å². The molecular weight excluding hydrogens is 406 g/mol. The third kappa shape index (κ3) is 2.88. The molecule has 0 atom stereocenters. The fourth-order valence-corrected chi connectivity index (χ4v) is 3.71. The van der Waals surface area contributed by atoms with Crippen LogP contribution in [0.4, 0.5) is 0 Å². The maximum Gasteiger partial charge on any atom is 0.181 e. The van der Waals surface area contributed by atoms with E-state index in [1.807, 2.05) is 35.9 Å². The van der Waals surface area contributed by atoms with Crippen molar-refractivity contribution >= 4 is 22.2 Å². The number of ether oxygens (including phenoxy) is 1. The number of hydrogen-bond acceptors (Lipinski definition) is 7. The largest absolute Gasteiger partial charge is 0.495 e. The lowest BCUT2D eigenvalue weighted by atomic mass is 10.1. The number of hydrogen-bond donors (Lipinski definition) is 2. The summed E-state index contributed by atoms with van der Waals surface area (Å²) in [5.74, 6) is 1.31. The van der Waals surface area contributed by atoms with Crippen LogP contribution in [0.25, 0.3) is 50.5 Å². The fourth-order valence-electron chi connectivity index (χ4n) is 3.71. The van der Waals surface area contributed by atoms with Crippen LogP contribution in [0.3, 0.4) is 0 Å². The molecule has 0 aliphatic rings. The SMILES string of the molecule is COc1cncc(-c2cnc3n[nH]c(-c4nc5nccc(-n6cnc(C)c6)c5[nH]4)c3c2)c1. The van der Waals surface area contributed by atoms with E-state index in [9.17, 15) is 0 Å². The number of nitrogens with zero attached hydrogens (tertiary/aromatic N) is 7. The Bertz CT molecular complexity index is 1590. The Hall–Kier alpha value is -4.60. The molecule has 32 heavy (non-hydrogen) atoms. The molecule has 6 rings (SSSR count). The second kappa shape index (κ2) is 6.98. The molecule has 6 aromatic heterocycles. The second-order valence-corrected chi connectivity index (χ2v) is 7.34. The summed E-state index contributed by atoms with van der Waals surface area (Å²) in [6.45, 7) is 1.95. The second-order valence-electron chi connectivity index (χ2n) is 7.34. The highest BCUT2D eigenvalue weighted by Crippen LogP contribution is 2.30. The molecule has 10 nitrogen and oxygen atoms in total. The molecule has 6 heterocycles. The van der Waals surface area contributed by atoms with E-state index in [2.05, 4.69) is 35.1 Å². The zero-order valence-corrected chi connectivity index (χ0v) is 17.2. The van der Waals surface area contributed by atoms with Crippen LogP contribution in [-0.2, 0) is 0 Å². The standard InChI is InChI=1S/C22H17N9O/c1-12-10-31(11-26-12)17-3-4-24-21-19(17)27-22(28-21)18-16-6-14(8-25-20(16)30-29-18)13-5-15(32-2)9-23-7-13/h3-11H,1-2H3,(H,24,27,28)(H,25,29,30). The van der Waals surface area contributed by atoms with Crippen LogP contribution in [0.2, 0.25) is 0 Å². The molecule has 0 aliphatic heterocycles. The highest BCUT2D eigenvalue weighted by Gasteiger charge is 2.16. The third-order valence-corrected chi connectivity index (χ3v) is 5.29. The molecular formula is C22H17N9O. The summed E-state index contributed by atoms with van der Waals surface area (Å²) >= 11 is 0. The minimum atomic E-state index is 0.596. The molecule has 0 amide bonds. The molecule has 0 unspecified atom stereocenters. The number of aromatic nitrogens is 9. The van der Waals surface area contributed by atoms with Crippen molar-refractivity contribution in [3.05, 3.63) is 61.2 Å². The zero-order chi connectivity index (χ0) is 21.7. The molecule has 0 aliphatic carbocycles. The summed E-state index contributed by atoms with van der Waals surface area (Å²) in [7, 11) is 1.62. The molecule has 0 spiro atoms. The number of aromatic amines is 2. The number of pyridine rings is 3. The van der Waals surface area contributed by atoms with Gasteiger partial charge in [-0.2, -0.15) is 5.10 Å². The van der Waals surface area contributed by atoms with E-state index in [0.717, 1.165) is 39.1 Å². The predicted molar refractivity (Wildman–Crippen MR) is 118 cm³/mol. The number of imidazole rings is 2. The molecule has 0 fully saturated rings. The lowest BCUT2D eigenvalue weighted by Crippen LogP contribution is -1.92. The van der Waals surface area contributed by atoms with Gasteiger partial charge in [0.1, 0.15) is 17.0 Å². The monoisotopic (exact) mass is 423 g/mol. The highest BCUT2D eigenvalue weighted by molar-refractivity contribution is 5.94. The zero-order valence-electron chi connectivity index (χ0n) is 17.2. The number of rotatable bonds is 4. The summed E-state index contributed by atoms with van der Waals surface area (Å²) in [4.78, 5) is 25.6. The van der Waals surface area contributed by atoms with Crippen molar-refractivity contribution in [2.45, 2.75) is 6.92 Å². The smallest absolute Gasteiger partial charge is 0.181 e. The van der Waals surface area contributed by atoms with Crippen molar-refractivity contribution in [2.75, 3.05) is 7.11 Å². The maximum absolute atomic E-state index is 5.29. The topological polar surface area (TPSA) is 123 Å². The van der Waals surface area contributed by atoms with E-state index in [0.29, 0.717) is 22.9 Å². The Morgan fingerprint density at radius 2 is 1.91 bits per heavy atom. The van der Waals surface area contributed by atoms with E-state index in [1.54, 1.807) is 38.2 Å². The lowest BCUT2D eigenvalue weighted by molar-refractivity contribution is 0.413. The quantitative estimate of drug-likeness (QED) is 0.445. The van der Waals surface area contributed by atoms with Gasteiger partial charge in [0.2, 0.25) is 0 Å². The van der Waals surface area contributed by atoms with Gasteiger partial charge < -0.3 is 14.3 Å². The first kappa shape index (κ1) is 18.2. The molecule has 0 saturated heterocycles. The normalized spacial score (nSPS) is 11.4. The maximum atomic E-state index is 5.29. The van der Waals surface area contributed by atoms with Gasteiger partial charge >= 0.3 is 0 Å². The van der Waals surface area contributed by atoms with Gasteiger partial charge in [-0.3, -0.25) is 10.1 Å². The van der Waals surface area contributed by atoms with E-state index in [4.69, 9.17) is 9.72 Å². The molecule has 2 N–H and O–H groups in total. The number of aryl methyl sites for hydroxylation is 1. The van der Waals surface area contributed by atoms with Gasteiger partial charge in [-0.15, -0.1) is 0 Å². The van der Waals surface area contributed by atoms with Crippen LogP contribution < -0.4 is 4.74 Å². The van der Waals surface area contributed by atoms with Crippen molar-refractivity contribution in [2.24, 2.45) is 0 Å². The summed E-state index contributed by atoms with van der Waals surface area (Å²) in [5, 5.41) is 8.25. The first-order valence-corrected chi connectivity index (χ1v) is 9.89. The summed E-state index contributed by atoms with van der Waals surface area (Å²) < 4.78 is 7.24. The number of H-pyrrole nitrogens is 2. The van der Waals surface area contributed by atoms with E-state index in [-0.39, 0.29) is 0 Å². The van der Waals surface area contributed by atoms with E-state index in [1.165, 1.54) is 0 Å². The van der Waals surface area contributed by atoms with Crippen molar-refractivity contribution in [1.82, 2.24) is 44.7 Å². The Morgan fingerprint density at radius 1 is 1.00 bits per heavy atom. The fraction of sp³-hybridized carbons (Fsp3) is 0.0909. The van der Waals surface area contributed by atoms with Gasteiger partial charge in [-0.1, -0.05) is 0 Å². The van der Waals surface area contributed by atoms with Crippen molar-refractivity contribution in [3.8, 4) is 34.1 Å². The first-order valence-electron chi connectivity index (χ1n) is 9.89. The van der Waals surface area contributed by atoms with E-state index < -0.39 is 0 Å². The Morgan fingerprint density at radius 3 is 2.75 bits per heavy atom. The number of fused-ring (bicyclic) bond motifs is 2. The van der Waals surface area contributed by atoms with Gasteiger partial charge in [0.25, 0.3) is 0 Å². The van der Waals surface area contributed by atoms with Crippen molar-refractivity contribution in [1.29, 1.82) is 0 Å². The molecule has 0 bridgehead atoms. The minimum Gasteiger partial charge on any atom is -0.495 e. The molecule has 6 aromatic rings. The average Bonchev–Trinajstić information content (AvgIpc) is 3.55. The first-order chi connectivity index (χ1) is 15.7. The van der Waals surface area contributed by atoms with Crippen LogP contribution in [-0.4, -0.2) is 51.8 Å². The lowest BCUT2D eigenvalue weighted by Gasteiger charge is -2.04. The van der Waals surface area contributed by atoms with Gasteiger partial charge in [0, 0.05) is 35.9 Å². The average molecular weight is 423 g/mol. The van der Waals surface area contributed by atoms with Crippen LogP contribution in [0.5, 0.6) is 5.75 Å². The molecule has 0 saturated carbocycles. The predicted octanol–water partition coefficient (Wildman–Crippen LogP) is 3.46. The summed E-state index contributed by atoms with van der Waals surface area (Å²) in [5.41, 5.74) is 6.38. The highest BCUT2D eigenvalue weighted by atomic mass is 16.5. The van der Waals surface area contributed by atoms with Crippen molar-refractivity contribution < 1.29 is 4.74 Å². The molecule has 156 valence electrons. The number of methoxy groups -OCH3 is 1.